The number of benzene rings is 1. The van der Waals surface area contributed by atoms with E-state index in [1.807, 2.05) is 0 Å². The van der Waals surface area contributed by atoms with Crippen molar-refractivity contribution in [3.05, 3.63) is 47.5 Å². The van der Waals surface area contributed by atoms with Crippen LogP contribution in [0.3, 0.4) is 0 Å². The number of nitrogens with two attached hydrogens (primary N) is 1. The summed E-state index contributed by atoms with van der Waals surface area (Å²) >= 11 is 0. The number of hydrogen-bond acceptors (Lipinski definition) is 5. The van der Waals surface area contributed by atoms with Gasteiger partial charge in [0.05, 0.1) is 6.61 Å². The van der Waals surface area contributed by atoms with Crippen LogP contribution in [-0.4, -0.2) is 41.2 Å². The molecule has 1 atom stereocenters. The van der Waals surface area contributed by atoms with E-state index in [1.165, 1.54) is 16.8 Å². The van der Waals surface area contributed by atoms with Gasteiger partial charge in [0.1, 0.15) is 18.3 Å². The molecule has 1 aliphatic heterocycles. The summed E-state index contributed by atoms with van der Waals surface area (Å²) in [5, 5.41) is 6.44. The standard InChI is InChI=1S/C16H16F3N5O2/c1-24-5-4-12(23-24)14(25)21-9-2-3-11(17)10(6-9)16(15(18)19)8-26-7-13(20)22-16/h2-6,15H,7-8H2,1H3,(H2,20,22)(H,21,25)/t16-/m0/s1. The van der Waals surface area contributed by atoms with E-state index < -0.39 is 35.9 Å². The maximum Gasteiger partial charge on any atom is 0.276 e. The van der Waals surface area contributed by atoms with Crippen LogP contribution in [0.2, 0.25) is 0 Å². The van der Waals surface area contributed by atoms with Gasteiger partial charge in [0, 0.05) is 24.5 Å². The maximum absolute atomic E-state index is 14.3. The van der Waals surface area contributed by atoms with E-state index in [1.54, 1.807) is 13.2 Å². The molecule has 0 saturated carbocycles. The van der Waals surface area contributed by atoms with Crippen molar-refractivity contribution in [2.75, 3.05) is 18.5 Å². The van der Waals surface area contributed by atoms with Crippen LogP contribution in [0.5, 0.6) is 0 Å². The molecule has 1 aliphatic rings. The summed E-state index contributed by atoms with van der Waals surface area (Å²) in [5.41, 5.74) is 3.10. The highest BCUT2D eigenvalue weighted by Gasteiger charge is 2.46. The van der Waals surface area contributed by atoms with Crippen molar-refractivity contribution < 1.29 is 22.7 Å². The Kier molecular flexibility index (Phi) is 4.68. The van der Waals surface area contributed by atoms with Crippen LogP contribution >= 0.6 is 0 Å². The van der Waals surface area contributed by atoms with Crippen LogP contribution in [0.4, 0.5) is 18.9 Å². The fraction of sp³-hybridized carbons (Fsp3) is 0.312. The number of aromatic nitrogens is 2. The number of ether oxygens (including phenoxy) is 1. The van der Waals surface area contributed by atoms with Crippen LogP contribution in [-0.2, 0) is 17.3 Å². The van der Waals surface area contributed by atoms with E-state index in [2.05, 4.69) is 15.4 Å². The minimum atomic E-state index is -3.06. The Morgan fingerprint density at radius 1 is 1.42 bits per heavy atom. The molecule has 2 heterocycles. The number of amides is 1. The molecule has 0 unspecified atom stereocenters. The lowest BCUT2D eigenvalue weighted by Gasteiger charge is -2.33. The van der Waals surface area contributed by atoms with E-state index in [9.17, 15) is 18.0 Å². The summed E-state index contributed by atoms with van der Waals surface area (Å²) in [6.07, 6.45) is -1.48. The smallest absolute Gasteiger partial charge is 0.276 e. The Morgan fingerprint density at radius 2 is 2.19 bits per heavy atom. The topological polar surface area (TPSA) is 94.5 Å². The van der Waals surface area contributed by atoms with E-state index in [4.69, 9.17) is 10.5 Å². The van der Waals surface area contributed by atoms with Gasteiger partial charge in [-0.2, -0.15) is 5.10 Å². The van der Waals surface area contributed by atoms with Crippen LogP contribution < -0.4 is 11.1 Å². The van der Waals surface area contributed by atoms with Crippen molar-refractivity contribution in [3.63, 3.8) is 0 Å². The van der Waals surface area contributed by atoms with E-state index in [-0.39, 0.29) is 23.8 Å². The van der Waals surface area contributed by atoms with Gasteiger partial charge in [-0.15, -0.1) is 0 Å². The summed E-state index contributed by atoms with van der Waals surface area (Å²) in [6.45, 7) is -0.633. The number of alkyl halides is 2. The number of halogens is 3. The lowest BCUT2D eigenvalue weighted by atomic mass is 9.90. The predicted octanol–water partition coefficient (Wildman–Crippen LogP) is 1.66. The SMILES string of the molecule is Cn1ccc(C(=O)Nc2ccc(F)c([C@]3(C(F)F)COCC(N)=N3)c2)n1. The molecule has 2 aromatic rings. The molecule has 0 fully saturated rings. The molecule has 0 spiro atoms. The normalized spacial score (nSPS) is 20.1. The summed E-state index contributed by atoms with van der Waals surface area (Å²) in [5.74, 6) is -1.61. The number of rotatable bonds is 4. The van der Waals surface area contributed by atoms with Gasteiger partial charge in [-0.3, -0.25) is 14.5 Å². The Hall–Kier alpha value is -2.88. The average Bonchev–Trinajstić information content (AvgIpc) is 3.03. The Bertz CT molecular complexity index is 867. The molecule has 7 nitrogen and oxygen atoms in total. The third-order valence-electron chi connectivity index (χ3n) is 3.91. The first kappa shape index (κ1) is 17.9. The van der Waals surface area contributed by atoms with E-state index in [0.717, 1.165) is 12.1 Å². The summed E-state index contributed by atoms with van der Waals surface area (Å²) in [4.78, 5) is 15.9. The van der Waals surface area contributed by atoms with Gasteiger partial charge < -0.3 is 15.8 Å². The van der Waals surface area contributed by atoms with Crippen molar-refractivity contribution in [3.8, 4) is 0 Å². The van der Waals surface area contributed by atoms with Crippen molar-refractivity contribution in [1.29, 1.82) is 0 Å². The van der Waals surface area contributed by atoms with Gasteiger partial charge in [0.2, 0.25) is 0 Å². The van der Waals surface area contributed by atoms with Crippen LogP contribution in [0.1, 0.15) is 16.1 Å². The van der Waals surface area contributed by atoms with Crippen molar-refractivity contribution in [2.45, 2.75) is 12.0 Å². The number of amidine groups is 1. The maximum atomic E-state index is 14.3. The number of nitrogens with zero attached hydrogens (tertiary/aromatic N) is 3. The molecular weight excluding hydrogens is 351 g/mol. The first-order valence-electron chi connectivity index (χ1n) is 7.63. The number of hydrogen-bond donors (Lipinski definition) is 2. The molecule has 1 aromatic heterocycles. The molecule has 0 bridgehead atoms. The number of nitrogens with one attached hydrogen (secondary N) is 1. The first-order chi connectivity index (χ1) is 12.3. The van der Waals surface area contributed by atoms with Gasteiger partial charge in [0.25, 0.3) is 12.3 Å². The first-order valence-corrected chi connectivity index (χ1v) is 7.63. The summed E-state index contributed by atoms with van der Waals surface area (Å²) in [7, 11) is 1.64. The van der Waals surface area contributed by atoms with E-state index >= 15 is 0 Å². The quantitative estimate of drug-likeness (QED) is 0.859. The Labute approximate surface area is 146 Å². The molecule has 3 rings (SSSR count). The fourth-order valence-electron chi connectivity index (χ4n) is 2.67. The van der Waals surface area contributed by atoms with Gasteiger partial charge in [0.15, 0.2) is 11.2 Å². The second-order valence-corrected chi connectivity index (χ2v) is 5.84. The largest absolute Gasteiger partial charge is 0.385 e. The van der Waals surface area contributed by atoms with Crippen molar-refractivity contribution in [1.82, 2.24) is 9.78 Å². The van der Waals surface area contributed by atoms with Gasteiger partial charge >= 0.3 is 0 Å². The molecule has 0 radical (unpaired) electrons. The van der Waals surface area contributed by atoms with Gasteiger partial charge in [-0.1, -0.05) is 0 Å². The number of aliphatic imine (C=N–C) groups is 1. The molecule has 10 heteroatoms. The van der Waals surface area contributed by atoms with Crippen LogP contribution in [0.25, 0.3) is 0 Å². The Morgan fingerprint density at radius 3 is 2.81 bits per heavy atom. The minimum Gasteiger partial charge on any atom is -0.385 e. The molecule has 1 aromatic carbocycles. The monoisotopic (exact) mass is 367 g/mol. The third-order valence-corrected chi connectivity index (χ3v) is 3.91. The highest BCUT2D eigenvalue weighted by molar-refractivity contribution is 6.02. The lowest BCUT2D eigenvalue weighted by molar-refractivity contribution is -0.0145. The third kappa shape index (κ3) is 3.27. The number of carbonyl (C=O) groups excluding carboxylic acids is 1. The zero-order valence-corrected chi connectivity index (χ0v) is 13.7. The number of anilines is 1. The zero-order chi connectivity index (χ0) is 18.9. The summed E-state index contributed by atoms with van der Waals surface area (Å²) in [6, 6.07) is 4.83. The highest BCUT2D eigenvalue weighted by Crippen LogP contribution is 2.37. The fourth-order valence-corrected chi connectivity index (χ4v) is 2.67. The molecule has 138 valence electrons. The molecule has 0 aliphatic carbocycles. The van der Waals surface area contributed by atoms with Crippen LogP contribution in [0.15, 0.2) is 35.5 Å². The predicted molar refractivity (Wildman–Crippen MR) is 87.7 cm³/mol. The molecular formula is C16H16F3N5O2. The molecule has 3 N–H and O–H groups in total. The minimum absolute atomic E-state index is 0.105. The number of aryl methyl sites for hydroxylation is 1. The van der Waals surface area contributed by atoms with Gasteiger partial charge in [-0.05, 0) is 24.3 Å². The summed E-state index contributed by atoms with van der Waals surface area (Å²) < 4.78 is 48.4. The van der Waals surface area contributed by atoms with Crippen LogP contribution in [0, 0.1) is 5.82 Å². The number of carbonyl (C=O) groups is 1. The van der Waals surface area contributed by atoms with Crippen molar-refractivity contribution >= 4 is 17.4 Å². The molecule has 1 amide bonds. The molecule has 0 saturated heterocycles. The van der Waals surface area contributed by atoms with Crippen molar-refractivity contribution in [2.24, 2.45) is 17.8 Å². The second-order valence-electron chi connectivity index (χ2n) is 5.84. The lowest BCUT2D eigenvalue weighted by Crippen LogP contribution is -2.45. The Balaban J connectivity index is 1.97. The zero-order valence-electron chi connectivity index (χ0n) is 13.7. The second kappa shape index (κ2) is 6.79. The van der Waals surface area contributed by atoms with Gasteiger partial charge in [-0.25, -0.2) is 13.2 Å². The van der Waals surface area contributed by atoms with E-state index in [0.29, 0.717) is 0 Å². The molecule has 26 heavy (non-hydrogen) atoms. The highest BCUT2D eigenvalue weighted by atomic mass is 19.3. The average molecular weight is 367 g/mol.